The zero-order valence-corrected chi connectivity index (χ0v) is 46.7. The number of nitrogens with one attached hydrogen (secondary N) is 1. The van der Waals surface area contributed by atoms with Gasteiger partial charge in [0, 0.05) is 6.42 Å². The Kier molecular flexibility index (Phi) is 49.4. The molecular weight excluding hydrogens is 899 g/mol. The van der Waals surface area contributed by atoms with E-state index in [0.29, 0.717) is 6.42 Å². The van der Waals surface area contributed by atoms with Crippen LogP contribution in [0.15, 0.2) is 60.8 Å². The van der Waals surface area contributed by atoms with E-state index in [0.717, 1.165) is 57.8 Å². The van der Waals surface area contributed by atoms with Gasteiger partial charge in [-0.05, 0) is 77.0 Å². The molecule has 9 heteroatoms. The molecule has 1 saturated heterocycles. The third-order valence-corrected chi connectivity index (χ3v) is 14.3. The Balaban J connectivity index is 2.11. The summed E-state index contributed by atoms with van der Waals surface area (Å²) in [5.41, 5.74) is 0. The molecule has 0 aromatic rings. The summed E-state index contributed by atoms with van der Waals surface area (Å²) in [4.78, 5) is 13.0. The van der Waals surface area contributed by atoms with Crippen molar-refractivity contribution in [2.24, 2.45) is 0 Å². The van der Waals surface area contributed by atoms with E-state index < -0.39 is 49.5 Å². The van der Waals surface area contributed by atoms with Gasteiger partial charge < -0.3 is 40.3 Å². The Labute approximate surface area is 443 Å². The molecule has 1 aliphatic rings. The number of hydrogen-bond acceptors (Lipinski definition) is 8. The predicted octanol–water partition coefficient (Wildman–Crippen LogP) is 15.5. The van der Waals surface area contributed by atoms with Gasteiger partial charge in [0.15, 0.2) is 6.29 Å². The zero-order chi connectivity index (χ0) is 52.2. The summed E-state index contributed by atoms with van der Waals surface area (Å²) in [6.07, 6.45) is 64.6. The maximum atomic E-state index is 13.0. The summed E-state index contributed by atoms with van der Waals surface area (Å²) in [7, 11) is 0. The predicted molar refractivity (Wildman–Crippen MR) is 304 cm³/mol. The van der Waals surface area contributed by atoms with Crippen molar-refractivity contribution in [3.05, 3.63) is 60.8 Å². The molecule has 7 unspecified atom stereocenters. The second-order valence-electron chi connectivity index (χ2n) is 21.1. The lowest BCUT2D eigenvalue weighted by Gasteiger charge is -2.40. The van der Waals surface area contributed by atoms with E-state index in [1.54, 1.807) is 6.08 Å². The van der Waals surface area contributed by atoms with Gasteiger partial charge in [-0.15, -0.1) is 0 Å². The van der Waals surface area contributed by atoms with Gasteiger partial charge in [0.2, 0.25) is 5.91 Å². The number of carbonyl (C=O) groups is 1. The zero-order valence-electron chi connectivity index (χ0n) is 46.7. The Hall–Kier alpha value is -2.11. The minimum atomic E-state index is -1.58. The van der Waals surface area contributed by atoms with Gasteiger partial charge in [0.05, 0.1) is 25.4 Å². The topological polar surface area (TPSA) is 149 Å². The molecule has 0 aliphatic carbocycles. The second-order valence-corrected chi connectivity index (χ2v) is 21.1. The maximum Gasteiger partial charge on any atom is 0.220 e. The summed E-state index contributed by atoms with van der Waals surface area (Å²) in [6, 6.07) is -0.829. The number of rotatable bonds is 52. The van der Waals surface area contributed by atoms with Gasteiger partial charge in [-0.1, -0.05) is 254 Å². The third-order valence-electron chi connectivity index (χ3n) is 14.3. The molecule has 0 aromatic heterocycles. The number of ether oxygens (including phenoxy) is 2. The molecule has 1 aliphatic heterocycles. The van der Waals surface area contributed by atoms with Crippen LogP contribution in [0.3, 0.4) is 0 Å². The fourth-order valence-electron chi connectivity index (χ4n) is 9.46. The number of aliphatic hydroxyl groups excluding tert-OH is 5. The lowest BCUT2D eigenvalue weighted by molar-refractivity contribution is -0.302. The lowest BCUT2D eigenvalue weighted by atomic mass is 9.99. The summed E-state index contributed by atoms with van der Waals surface area (Å²) >= 11 is 0. The van der Waals surface area contributed by atoms with E-state index in [1.807, 2.05) is 6.08 Å². The molecule has 6 N–H and O–H groups in total. The highest BCUT2D eigenvalue weighted by Crippen LogP contribution is 2.23. The van der Waals surface area contributed by atoms with Crippen molar-refractivity contribution in [2.75, 3.05) is 13.2 Å². The van der Waals surface area contributed by atoms with Crippen molar-refractivity contribution < 1.29 is 39.8 Å². The molecule has 9 nitrogen and oxygen atoms in total. The Bertz CT molecular complexity index is 1310. The smallest absolute Gasteiger partial charge is 0.220 e. The monoisotopic (exact) mass is 1010 g/mol. The molecule has 420 valence electrons. The van der Waals surface area contributed by atoms with Crippen molar-refractivity contribution in [2.45, 2.75) is 320 Å². The first-order valence-corrected chi connectivity index (χ1v) is 30.5. The average molecular weight is 1010 g/mol. The molecule has 0 saturated carbocycles. The minimum Gasteiger partial charge on any atom is -0.394 e. The Morgan fingerprint density at radius 2 is 0.833 bits per heavy atom. The van der Waals surface area contributed by atoms with Crippen molar-refractivity contribution >= 4 is 5.91 Å². The van der Waals surface area contributed by atoms with Crippen molar-refractivity contribution in [3.8, 4) is 0 Å². The van der Waals surface area contributed by atoms with E-state index in [9.17, 15) is 30.3 Å². The number of aliphatic hydroxyl groups is 5. The first kappa shape index (κ1) is 67.9. The van der Waals surface area contributed by atoms with E-state index >= 15 is 0 Å². The number of carbonyl (C=O) groups excluding carboxylic acids is 1. The fraction of sp³-hybridized carbons (Fsp3) is 0.825. The van der Waals surface area contributed by atoms with Crippen molar-refractivity contribution in [1.29, 1.82) is 0 Å². The number of amides is 1. The summed E-state index contributed by atoms with van der Waals surface area (Å²) in [5.74, 6) is -0.190. The Morgan fingerprint density at radius 1 is 0.472 bits per heavy atom. The molecule has 0 aromatic carbocycles. The van der Waals surface area contributed by atoms with Crippen molar-refractivity contribution in [1.82, 2.24) is 5.32 Å². The normalized spacial score (nSPS) is 19.6. The largest absolute Gasteiger partial charge is 0.394 e. The minimum absolute atomic E-state index is 0.190. The van der Waals surface area contributed by atoms with Gasteiger partial charge in [-0.3, -0.25) is 4.79 Å². The average Bonchev–Trinajstić information content (AvgIpc) is 3.38. The van der Waals surface area contributed by atoms with Gasteiger partial charge >= 0.3 is 0 Å². The molecule has 7 atom stereocenters. The van der Waals surface area contributed by atoms with Gasteiger partial charge in [0.1, 0.15) is 24.4 Å². The summed E-state index contributed by atoms with van der Waals surface area (Å²) in [5, 5.41) is 54.4. The lowest BCUT2D eigenvalue weighted by Crippen LogP contribution is -2.60. The van der Waals surface area contributed by atoms with E-state index in [-0.39, 0.29) is 12.5 Å². The fourth-order valence-corrected chi connectivity index (χ4v) is 9.46. The molecule has 0 bridgehead atoms. The molecule has 0 radical (unpaired) electrons. The molecular formula is C63H115NO8. The molecule has 72 heavy (non-hydrogen) atoms. The van der Waals surface area contributed by atoms with Crippen molar-refractivity contribution in [3.63, 3.8) is 0 Å². The highest BCUT2D eigenvalue weighted by molar-refractivity contribution is 5.76. The molecule has 0 spiro atoms. The number of unbranched alkanes of at least 4 members (excludes halogenated alkanes) is 34. The quantitative estimate of drug-likeness (QED) is 0.0261. The van der Waals surface area contributed by atoms with Crippen LogP contribution in [0.5, 0.6) is 0 Å². The van der Waals surface area contributed by atoms with Crippen LogP contribution in [-0.2, 0) is 14.3 Å². The van der Waals surface area contributed by atoms with E-state index in [4.69, 9.17) is 9.47 Å². The van der Waals surface area contributed by atoms with Crippen LogP contribution in [0.4, 0.5) is 0 Å². The third kappa shape index (κ3) is 41.2. The maximum absolute atomic E-state index is 13.0. The van der Waals surface area contributed by atoms with Crippen LogP contribution in [0.25, 0.3) is 0 Å². The highest BCUT2D eigenvalue weighted by Gasteiger charge is 2.44. The van der Waals surface area contributed by atoms with Crippen LogP contribution < -0.4 is 5.32 Å². The summed E-state index contributed by atoms with van der Waals surface area (Å²) < 4.78 is 11.2. The van der Waals surface area contributed by atoms with Crippen LogP contribution in [0, 0.1) is 0 Å². The van der Waals surface area contributed by atoms with Crippen LogP contribution in [0.2, 0.25) is 0 Å². The molecule has 1 amide bonds. The number of allylic oxidation sites excluding steroid dienone is 9. The standard InChI is InChI=1S/C63H115NO8/c1-3-5-7-9-11-13-15-17-19-20-21-22-23-24-25-26-27-28-29-30-31-32-33-34-35-36-37-38-39-41-43-45-47-49-51-53-59(67)64-56(55-71-63-62(70)61(69)60(68)58(54-65)72-63)57(66)52-50-48-46-44-42-40-18-16-14-12-10-8-6-4-2/h14,16,23-24,26-27,42,44,50,52,56-58,60-63,65-66,68-70H,3-13,15,17-22,25,28-41,43,45-49,51,53-55H2,1-2H3,(H,64,67)/b16-14+,24-23-,27-26-,44-42+,52-50+. The molecule has 1 fully saturated rings. The highest BCUT2D eigenvalue weighted by atomic mass is 16.7. The number of hydrogen-bond donors (Lipinski definition) is 6. The van der Waals surface area contributed by atoms with Crippen LogP contribution in [0.1, 0.15) is 277 Å². The van der Waals surface area contributed by atoms with Gasteiger partial charge in [0.25, 0.3) is 0 Å². The van der Waals surface area contributed by atoms with Gasteiger partial charge in [-0.25, -0.2) is 0 Å². The van der Waals surface area contributed by atoms with E-state index in [2.05, 4.69) is 67.8 Å². The second kappa shape index (κ2) is 52.3. The van der Waals surface area contributed by atoms with Crippen LogP contribution in [-0.4, -0.2) is 87.5 Å². The summed E-state index contributed by atoms with van der Waals surface area (Å²) in [6.45, 7) is 3.75. The van der Waals surface area contributed by atoms with Gasteiger partial charge in [-0.2, -0.15) is 0 Å². The van der Waals surface area contributed by atoms with Crippen LogP contribution >= 0.6 is 0 Å². The Morgan fingerprint density at radius 3 is 1.26 bits per heavy atom. The first-order chi connectivity index (χ1) is 35.3. The molecule has 1 heterocycles. The molecule has 1 rings (SSSR count). The van der Waals surface area contributed by atoms with E-state index in [1.165, 1.54) is 199 Å². The SMILES string of the molecule is CCCCCC/C=C/CC/C=C/CC/C=C/C(O)C(COC1OC(CO)C(O)C(O)C1O)NC(=O)CCCCCCCCCCCCCCCCCCC/C=C\C/C=C\CCCCCCCCCCCCC. The first-order valence-electron chi connectivity index (χ1n) is 30.5.